The van der Waals surface area contributed by atoms with Crippen molar-refractivity contribution in [2.24, 2.45) is 0 Å². The summed E-state index contributed by atoms with van der Waals surface area (Å²) in [7, 11) is 0. The first-order valence-electron chi connectivity index (χ1n) is 7.97. The molecule has 0 unspecified atom stereocenters. The summed E-state index contributed by atoms with van der Waals surface area (Å²) in [6.45, 7) is -0.322. The van der Waals surface area contributed by atoms with Gasteiger partial charge >= 0.3 is 5.69 Å². The van der Waals surface area contributed by atoms with Crippen molar-refractivity contribution >= 4 is 27.4 Å². The highest BCUT2D eigenvalue weighted by Crippen LogP contribution is 2.44. The standard InChI is InChI=1S/C20H14BrNO5/c21-16-11-12-18(26-13-17(23)14-7-3-1-4-8-14)19(22(24)25)20(16)27-15-9-5-2-6-10-15/h1-12H,13H2. The molecule has 0 saturated heterocycles. The van der Waals surface area contributed by atoms with Crippen LogP contribution in [0.5, 0.6) is 17.2 Å². The van der Waals surface area contributed by atoms with Crippen molar-refractivity contribution < 1.29 is 19.2 Å². The summed E-state index contributed by atoms with van der Waals surface area (Å²) in [5, 5.41) is 11.6. The number of carbonyl (C=O) groups excluding carboxylic acids is 1. The fourth-order valence-corrected chi connectivity index (χ4v) is 2.77. The zero-order valence-electron chi connectivity index (χ0n) is 14.0. The number of para-hydroxylation sites is 1. The van der Waals surface area contributed by atoms with E-state index in [4.69, 9.17) is 9.47 Å². The van der Waals surface area contributed by atoms with Crippen molar-refractivity contribution in [3.8, 4) is 17.2 Å². The molecular formula is C20H14BrNO5. The molecule has 7 heteroatoms. The van der Waals surface area contributed by atoms with Gasteiger partial charge in [0.25, 0.3) is 0 Å². The second kappa shape index (κ2) is 8.46. The summed E-state index contributed by atoms with van der Waals surface area (Å²) in [6, 6.07) is 20.3. The maximum absolute atomic E-state index is 12.2. The molecule has 0 bridgehead atoms. The van der Waals surface area contributed by atoms with E-state index in [1.807, 2.05) is 6.07 Å². The number of ketones is 1. The lowest BCUT2D eigenvalue weighted by molar-refractivity contribution is -0.386. The average Bonchev–Trinajstić information content (AvgIpc) is 2.69. The number of Topliss-reactive ketones (excluding diaryl/α,β-unsaturated/α-hetero) is 1. The minimum atomic E-state index is -0.592. The number of hydrogen-bond acceptors (Lipinski definition) is 5. The van der Waals surface area contributed by atoms with Gasteiger partial charge in [-0.2, -0.15) is 0 Å². The Labute approximate surface area is 163 Å². The third-order valence-corrected chi connectivity index (χ3v) is 4.27. The van der Waals surface area contributed by atoms with Gasteiger partial charge in [0.2, 0.25) is 11.5 Å². The molecule has 3 aromatic rings. The van der Waals surface area contributed by atoms with Gasteiger partial charge in [0.1, 0.15) is 5.75 Å². The van der Waals surface area contributed by atoms with Gasteiger partial charge in [-0.25, -0.2) is 0 Å². The highest BCUT2D eigenvalue weighted by molar-refractivity contribution is 9.10. The van der Waals surface area contributed by atoms with Crippen molar-refractivity contribution in [3.63, 3.8) is 0 Å². The number of hydrogen-bond donors (Lipinski definition) is 0. The molecule has 0 heterocycles. The molecule has 0 saturated carbocycles. The highest BCUT2D eigenvalue weighted by atomic mass is 79.9. The SMILES string of the molecule is O=C(COc1ccc(Br)c(Oc2ccccc2)c1[N+](=O)[O-])c1ccccc1. The zero-order chi connectivity index (χ0) is 19.2. The van der Waals surface area contributed by atoms with Crippen LogP contribution in [0.4, 0.5) is 5.69 Å². The van der Waals surface area contributed by atoms with E-state index >= 15 is 0 Å². The van der Waals surface area contributed by atoms with Gasteiger partial charge in [-0.05, 0) is 40.2 Å². The van der Waals surface area contributed by atoms with Crippen molar-refractivity contribution in [1.82, 2.24) is 0 Å². The van der Waals surface area contributed by atoms with Gasteiger partial charge in [0.05, 0.1) is 9.40 Å². The number of benzene rings is 3. The minimum Gasteiger partial charge on any atom is -0.478 e. The summed E-state index contributed by atoms with van der Waals surface area (Å²) >= 11 is 3.27. The summed E-state index contributed by atoms with van der Waals surface area (Å²) in [5.74, 6) is 0.131. The van der Waals surface area contributed by atoms with E-state index in [2.05, 4.69) is 15.9 Å². The number of halogens is 1. The van der Waals surface area contributed by atoms with Crippen LogP contribution in [0.2, 0.25) is 0 Å². The lowest BCUT2D eigenvalue weighted by atomic mass is 10.1. The Morgan fingerprint density at radius 1 is 0.963 bits per heavy atom. The van der Waals surface area contributed by atoms with Crippen LogP contribution >= 0.6 is 15.9 Å². The minimum absolute atomic E-state index is 0.0101. The third kappa shape index (κ3) is 4.51. The highest BCUT2D eigenvalue weighted by Gasteiger charge is 2.26. The number of nitro groups is 1. The summed E-state index contributed by atoms with van der Waals surface area (Å²) in [6.07, 6.45) is 0. The predicted octanol–water partition coefficient (Wildman–Crippen LogP) is 5.41. The van der Waals surface area contributed by atoms with Gasteiger partial charge < -0.3 is 9.47 Å². The van der Waals surface area contributed by atoms with Crippen LogP contribution in [0.15, 0.2) is 77.3 Å². The van der Waals surface area contributed by atoms with E-state index in [-0.39, 0.29) is 29.6 Å². The Morgan fingerprint density at radius 2 is 1.59 bits per heavy atom. The molecule has 0 aliphatic rings. The topological polar surface area (TPSA) is 78.7 Å². The molecule has 0 atom stereocenters. The second-order valence-corrected chi connectivity index (χ2v) is 6.33. The monoisotopic (exact) mass is 427 g/mol. The van der Waals surface area contributed by atoms with Gasteiger partial charge in [-0.15, -0.1) is 0 Å². The number of nitro benzene ring substituents is 1. The molecule has 136 valence electrons. The third-order valence-electron chi connectivity index (χ3n) is 3.65. The molecule has 0 N–H and O–H groups in total. The number of nitrogens with zero attached hydrogens (tertiary/aromatic N) is 1. The number of ether oxygens (including phenoxy) is 2. The first-order chi connectivity index (χ1) is 13.1. The van der Waals surface area contributed by atoms with E-state index in [0.29, 0.717) is 15.8 Å². The lowest BCUT2D eigenvalue weighted by Crippen LogP contribution is -2.12. The maximum atomic E-state index is 12.2. The fourth-order valence-electron chi connectivity index (χ4n) is 2.37. The molecule has 27 heavy (non-hydrogen) atoms. The van der Waals surface area contributed by atoms with Gasteiger partial charge in [0, 0.05) is 5.56 Å². The Morgan fingerprint density at radius 3 is 2.22 bits per heavy atom. The summed E-state index contributed by atoms with van der Waals surface area (Å²) < 4.78 is 11.5. The smallest absolute Gasteiger partial charge is 0.354 e. The second-order valence-electron chi connectivity index (χ2n) is 5.47. The fraction of sp³-hybridized carbons (Fsp3) is 0.0500. The van der Waals surface area contributed by atoms with Gasteiger partial charge in [0.15, 0.2) is 12.4 Å². The molecule has 0 aliphatic carbocycles. The number of rotatable bonds is 7. The molecule has 0 spiro atoms. The first kappa shape index (κ1) is 18.6. The number of carbonyl (C=O) groups is 1. The molecule has 0 radical (unpaired) electrons. The lowest BCUT2D eigenvalue weighted by Gasteiger charge is -2.12. The molecule has 0 aromatic heterocycles. The predicted molar refractivity (Wildman–Crippen MR) is 104 cm³/mol. The Balaban J connectivity index is 1.88. The molecule has 0 fully saturated rings. The van der Waals surface area contributed by atoms with Gasteiger partial charge in [-0.1, -0.05) is 48.5 Å². The van der Waals surface area contributed by atoms with Gasteiger partial charge in [-0.3, -0.25) is 14.9 Å². The van der Waals surface area contributed by atoms with E-state index < -0.39 is 4.92 Å². The Bertz CT molecular complexity index is 961. The van der Waals surface area contributed by atoms with Crippen LogP contribution in [0, 0.1) is 10.1 Å². The van der Waals surface area contributed by atoms with Crippen LogP contribution in [0.25, 0.3) is 0 Å². The van der Waals surface area contributed by atoms with Crippen LogP contribution < -0.4 is 9.47 Å². The summed E-state index contributed by atoms with van der Waals surface area (Å²) in [5.41, 5.74) is 0.118. The van der Waals surface area contributed by atoms with Crippen LogP contribution in [0.1, 0.15) is 10.4 Å². The quantitative estimate of drug-likeness (QED) is 0.286. The molecular weight excluding hydrogens is 414 g/mol. The average molecular weight is 428 g/mol. The maximum Gasteiger partial charge on any atom is 0.354 e. The van der Waals surface area contributed by atoms with Crippen molar-refractivity contribution in [2.45, 2.75) is 0 Å². The first-order valence-corrected chi connectivity index (χ1v) is 8.76. The van der Waals surface area contributed by atoms with E-state index in [1.54, 1.807) is 60.7 Å². The van der Waals surface area contributed by atoms with Crippen LogP contribution in [-0.2, 0) is 0 Å². The van der Waals surface area contributed by atoms with Crippen LogP contribution in [-0.4, -0.2) is 17.3 Å². The van der Waals surface area contributed by atoms with Crippen molar-refractivity contribution in [1.29, 1.82) is 0 Å². The summed E-state index contributed by atoms with van der Waals surface area (Å²) in [4.78, 5) is 23.3. The Kier molecular flexibility index (Phi) is 5.83. The van der Waals surface area contributed by atoms with Crippen molar-refractivity contribution in [3.05, 3.63) is 92.9 Å². The molecule has 3 aromatic carbocycles. The largest absolute Gasteiger partial charge is 0.478 e. The molecule has 0 amide bonds. The zero-order valence-corrected chi connectivity index (χ0v) is 15.6. The van der Waals surface area contributed by atoms with E-state index in [1.165, 1.54) is 6.07 Å². The van der Waals surface area contributed by atoms with E-state index in [0.717, 1.165) is 0 Å². The molecule has 0 aliphatic heterocycles. The van der Waals surface area contributed by atoms with E-state index in [9.17, 15) is 14.9 Å². The normalized spacial score (nSPS) is 10.3. The molecule has 6 nitrogen and oxygen atoms in total. The van der Waals surface area contributed by atoms with Crippen LogP contribution in [0.3, 0.4) is 0 Å². The van der Waals surface area contributed by atoms with Crippen molar-refractivity contribution in [2.75, 3.05) is 6.61 Å². The molecule has 3 rings (SSSR count). The Hall–Kier alpha value is -3.19.